The number of alkyl halides is 3. The van der Waals surface area contributed by atoms with Gasteiger partial charge in [0.05, 0.1) is 5.56 Å². The molecular weight excluding hydrogens is 337 g/mol. The second-order valence-electron chi connectivity index (χ2n) is 4.88. The molecule has 7 heteroatoms. The van der Waals surface area contributed by atoms with Gasteiger partial charge in [0.25, 0.3) is 0 Å². The Hall–Kier alpha value is -2.54. The van der Waals surface area contributed by atoms with E-state index >= 15 is 0 Å². The smallest absolute Gasteiger partial charge is 0.416 e. The van der Waals surface area contributed by atoms with Gasteiger partial charge in [-0.1, -0.05) is 11.8 Å². The molecule has 0 saturated heterocycles. The highest BCUT2D eigenvalue weighted by Gasteiger charge is 2.30. The Labute approximate surface area is 140 Å². The van der Waals surface area contributed by atoms with E-state index < -0.39 is 11.7 Å². The summed E-state index contributed by atoms with van der Waals surface area (Å²) in [7, 11) is 0. The molecule has 0 radical (unpaired) electrons. The summed E-state index contributed by atoms with van der Waals surface area (Å²) in [5.74, 6) is 0.139. The van der Waals surface area contributed by atoms with Gasteiger partial charge in [-0.15, -0.1) is 0 Å². The molecule has 1 heterocycles. The van der Waals surface area contributed by atoms with Crippen LogP contribution >= 0.6 is 11.8 Å². The van der Waals surface area contributed by atoms with Crippen LogP contribution < -0.4 is 0 Å². The summed E-state index contributed by atoms with van der Waals surface area (Å²) < 4.78 is 37.8. The largest absolute Gasteiger partial charge is 0.508 e. The van der Waals surface area contributed by atoms with Crippen LogP contribution in [0.1, 0.15) is 5.56 Å². The molecule has 3 rings (SSSR count). The predicted octanol–water partition coefficient (Wildman–Crippen LogP) is 5.02. The van der Waals surface area contributed by atoms with Crippen molar-refractivity contribution >= 4 is 11.8 Å². The fourth-order valence-corrected chi connectivity index (χ4v) is 2.92. The van der Waals surface area contributed by atoms with Gasteiger partial charge in [-0.05, 0) is 48.5 Å². The zero-order chi connectivity index (χ0) is 17.2. The molecule has 24 heavy (non-hydrogen) atoms. The minimum Gasteiger partial charge on any atom is -0.508 e. The number of phenolic OH excluding ortho intramolecular Hbond substituents is 1. The van der Waals surface area contributed by atoms with Gasteiger partial charge >= 0.3 is 6.18 Å². The Bertz CT molecular complexity index is 834. The molecule has 0 spiro atoms. The van der Waals surface area contributed by atoms with E-state index in [0.29, 0.717) is 15.6 Å². The van der Waals surface area contributed by atoms with Gasteiger partial charge in [-0.2, -0.15) is 13.2 Å². The average Bonchev–Trinajstić information content (AvgIpc) is 2.56. The number of nitrogens with zero attached hydrogens (tertiary/aromatic N) is 2. The first-order chi connectivity index (χ1) is 11.4. The third kappa shape index (κ3) is 3.68. The van der Waals surface area contributed by atoms with Gasteiger partial charge in [0, 0.05) is 22.9 Å². The molecule has 0 saturated carbocycles. The molecule has 1 aromatic heterocycles. The van der Waals surface area contributed by atoms with Crippen LogP contribution in [0.25, 0.3) is 11.3 Å². The Morgan fingerprint density at radius 2 is 1.46 bits per heavy atom. The van der Waals surface area contributed by atoms with Crippen molar-refractivity contribution in [3.05, 3.63) is 66.5 Å². The Balaban J connectivity index is 1.89. The first-order valence-electron chi connectivity index (χ1n) is 6.89. The zero-order valence-electron chi connectivity index (χ0n) is 12.2. The quantitative estimate of drug-likeness (QED) is 0.722. The molecule has 0 aliphatic rings. The van der Waals surface area contributed by atoms with Gasteiger partial charge in [-0.3, -0.25) is 4.98 Å². The minimum atomic E-state index is -4.35. The molecule has 0 aliphatic heterocycles. The van der Waals surface area contributed by atoms with Crippen molar-refractivity contribution in [2.24, 2.45) is 0 Å². The molecule has 122 valence electrons. The van der Waals surface area contributed by atoms with Crippen LogP contribution in [0.3, 0.4) is 0 Å². The van der Waals surface area contributed by atoms with Crippen molar-refractivity contribution in [3.8, 4) is 17.0 Å². The molecule has 0 aliphatic carbocycles. The number of hydrogen-bond donors (Lipinski definition) is 1. The number of aromatic hydroxyl groups is 1. The molecule has 0 atom stereocenters. The van der Waals surface area contributed by atoms with Crippen LogP contribution in [0.2, 0.25) is 0 Å². The second kappa shape index (κ2) is 6.52. The highest BCUT2D eigenvalue weighted by atomic mass is 32.2. The Kier molecular flexibility index (Phi) is 4.44. The van der Waals surface area contributed by atoms with E-state index in [1.807, 2.05) is 0 Å². The summed E-state index contributed by atoms with van der Waals surface area (Å²) in [5.41, 5.74) is 0.669. The topological polar surface area (TPSA) is 46.0 Å². The summed E-state index contributed by atoms with van der Waals surface area (Å²) >= 11 is 1.23. The molecule has 3 nitrogen and oxygen atoms in total. The van der Waals surface area contributed by atoms with E-state index in [-0.39, 0.29) is 5.75 Å². The lowest BCUT2D eigenvalue weighted by Crippen LogP contribution is -2.03. The first kappa shape index (κ1) is 16.3. The predicted molar refractivity (Wildman–Crippen MR) is 84.7 cm³/mol. The third-order valence-corrected chi connectivity index (χ3v) is 4.20. The Morgan fingerprint density at radius 1 is 0.833 bits per heavy atom. The van der Waals surface area contributed by atoms with Crippen molar-refractivity contribution in [2.45, 2.75) is 16.1 Å². The summed E-state index contributed by atoms with van der Waals surface area (Å²) in [4.78, 5) is 9.17. The molecule has 0 bridgehead atoms. The van der Waals surface area contributed by atoms with Crippen LogP contribution in [-0.2, 0) is 6.18 Å². The fraction of sp³-hybridized carbons (Fsp3) is 0.0588. The molecule has 2 aromatic carbocycles. The molecule has 3 aromatic rings. The Morgan fingerprint density at radius 3 is 2.08 bits per heavy atom. The van der Waals surface area contributed by atoms with Crippen molar-refractivity contribution in [3.63, 3.8) is 0 Å². The van der Waals surface area contributed by atoms with Crippen molar-refractivity contribution in [2.75, 3.05) is 0 Å². The molecule has 1 N–H and O–H groups in total. The normalized spacial score (nSPS) is 11.5. The maximum Gasteiger partial charge on any atom is 0.416 e. The number of rotatable bonds is 3. The molecule has 0 amide bonds. The maximum atomic E-state index is 12.6. The third-order valence-electron chi connectivity index (χ3n) is 3.20. The number of halogens is 3. The second-order valence-corrected chi connectivity index (χ2v) is 5.94. The van der Waals surface area contributed by atoms with E-state index in [0.717, 1.165) is 17.7 Å². The van der Waals surface area contributed by atoms with Crippen LogP contribution in [0.15, 0.2) is 70.8 Å². The lowest BCUT2D eigenvalue weighted by Gasteiger charge is -2.09. The van der Waals surface area contributed by atoms with Crippen LogP contribution in [0.5, 0.6) is 5.75 Å². The van der Waals surface area contributed by atoms with Gasteiger partial charge < -0.3 is 5.11 Å². The first-order valence-corrected chi connectivity index (χ1v) is 7.70. The van der Waals surface area contributed by atoms with E-state index in [9.17, 15) is 18.3 Å². The van der Waals surface area contributed by atoms with Crippen LogP contribution in [-0.4, -0.2) is 15.1 Å². The van der Waals surface area contributed by atoms with E-state index in [2.05, 4.69) is 9.97 Å². The van der Waals surface area contributed by atoms with Gasteiger partial charge in [0.15, 0.2) is 0 Å². The summed E-state index contributed by atoms with van der Waals surface area (Å²) in [6.45, 7) is 0. The van der Waals surface area contributed by atoms with E-state index in [1.165, 1.54) is 42.2 Å². The summed E-state index contributed by atoms with van der Waals surface area (Å²) in [6, 6.07) is 11.4. The lowest BCUT2D eigenvalue weighted by molar-refractivity contribution is -0.137. The van der Waals surface area contributed by atoms with Gasteiger partial charge in [0.1, 0.15) is 16.5 Å². The number of phenols is 1. The van der Waals surface area contributed by atoms with Crippen LogP contribution in [0.4, 0.5) is 13.2 Å². The van der Waals surface area contributed by atoms with E-state index in [1.54, 1.807) is 18.3 Å². The standard InChI is InChI=1S/C17H11F3N2OS/c18-17(19,20)12-3-7-14(8-4-12)24-16-15(21-9-10-22-16)11-1-5-13(23)6-2-11/h1-10,23H. The SMILES string of the molecule is Oc1ccc(-c2nccnc2Sc2ccc(C(F)(F)F)cc2)cc1. The lowest BCUT2D eigenvalue weighted by atomic mass is 10.1. The molecule has 0 fully saturated rings. The fourth-order valence-electron chi connectivity index (χ4n) is 2.04. The van der Waals surface area contributed by atoms with Crippen molar-refractivity contribution in [1.29, 1.82) is 0 Å². The number of aromatic nitrogens is 2. The van der Waals surface area contributed by atoms with Crippen molar-refractivity contribution in [1.82, 2.24) is 9.97 Å². The monoisotopic (exact) mass is 348 g/mol. The molecular formula is C17H11F3N2OS. The maximum absolute atomic E-state index is 12.6. The van der Waals surface area contributed by atoms with Crippen LogP contribution in [0, 0.1) is 0 Å². The van der Waals surface area contributed by atoms with Crippen molar-refractivity contribution < 1.29 is 18.3 Å². The summed E-state index contributed by atoms with van der Waals surface area (Å²) in [6.07, 6.45) is -1.29. The zero-order valence-corrected chi connectivity index (χ0v) is 13.0. The molecule has 0 unspecified atom stereocenters. The van der Waals surface area contributed by atoms with E-state index in [4.69, 9.17) is 0 Å². The minimum absolute atomic E-state index is 0.139. The highest BCUT2D eigenvalue weighted by Crippen LogP contribution is 2.35. The summed E-state index contributed by atoms with van der Waals surface area (Å²) in [5, 5.41) is 9.94. The average molecular weight is 348 g/mol. The van der Waals surface area contributed by atoms with Gasteiger partial charge in [-0.25, -0.2) is 4.98 Å². The number of hydrogen-bond acceptors (Lipinski definition) is 4. The van der Waals surface area contributed by atoms with Gasteiger partial charge in [0.2, 0.25) is 0 Å². The number of benzene rings is 2. The highest BCUT2D eigenvalue weighted by molar-refractivity contribution is 7.99.